The van der Waals surface area contributed by atoms with Gasteiger partial charge in [-0.3, -0.25) is 5.41 Å². The number of aliphatic hydroxyl groups excluding tert-OH is 1. The highest BCUT2D eigenvalue weighted by molar-refractivity contribution is 6.00. The smallest absolute Gasteiger partial charge is 0.124 e. The Hall–Kier alpha value is -1.55. The predicted molar refractivity (Wildman–Crippen MR) is 78.9 cm³/mol. The third-order valence-corrected chi connectivity index (χ3v) is 3.84. The Morgan fingerprint density at radius 1 is 1.47 bits per heavy atom. The van der Waals surface area contributed by atoms with Crippen LogP contribution in [0.5, 0.6) is 0 Å². The summed E-state index contributed by atoms with van der Waals surface area (Å²) >= 11 is 0. The van der Waals surface area contributed by atoms with Gasteiger partial charge in [0, 0.05) is 30.4 Å². The topological polar surface area (TPSA) is 73.3 Å². The van der Waals surface area contributed by atoms with Crippen molar-refractivity contribution >= 4 is 11.5 Å². The van der Waals surface area contributed by atoms with Crippen LogP contribution in [-0.2, 0) is 0 Å². The van der Waals surface area contributed by atoms with Gasteiger partial charge in [-0.1, -0.05) is 6.07 Å². The molecule has 1 unspecified atom stereocenters. The maximum absolute atomic E-state index is 9.22. The molecule has 104 valence electrons. The number of amidine groups is 1. The molecule has 1 aromatic rings. The molecule has 0 amide bonds. The van der Waals surface area contributed by atoms with E-state index in [1.807, 2.05) is 12.1 Å². The monoisotopic (exact) mass is 261 g/mol. The van der Waals surface area contributed by atoms with Gasteiger partial charge in [-0.05, 0) is 50.3 Å². The molecule has 1 aliphatic heterocycles. The number of hydrogen-bond donors (Lipinski definition) is 3. The molecular weight excluding hydrogens is 238 g/mol. The summed E-state index contributed by atoms with van der Waals surface area (Å²) in [5, 5.41) is 17.0. The van der Waals surface area contributed by atoms with Gasteiger partial charge < -0.3 is 15.7 Å². The maximum atomic E-state index is 9.22. The molecule has 1 aromatic carbocycles. The van der Waals surface area contributed by atoms with Crippen LogP contribution in [0.2, 0.25) is 0 Å². The number of benzene rings is 1. The summed E-state index contributed by atoms with van der Waals surface area (Å²) in [6, 6.07) is 6.38. The van der Waals surface area contributed by atoms with Crippen molar-refractivity contribution in [2.75, 3.05) is 18.1 Å². The van der Waals surface area contributed by atoms with Crippen molar-refractivity contribution in [2.24, 2.45) is 5.73 Å². The minimum Gasteiger partial charge on any atom is -0.396 e. The Morgan fingerprint density at radius 2 is 2.26 bits per heavy atom. The van der Waals surface area contributed by atoms with E-state index in [1.165, 1.54) is 12.0 Å². The van der Waals surface area contributed by atoms with Crippen molar-refractivity contribution in [1.82, 2.24) is 0 Å². The van der Waals surface area contributed by atoms with Gasteiger partial charge in [0.05, 0.1) is 0 Å². The van der Waals surface area contributed by atoms with Crippen LogP contribution in [0.4, 0.5) is 5.69 Å². The highest BCUT2D eigenvalue weighted by Gasteiger charge is 2.24. The zero-order valence-electron chi connectivity index (χ0n) is 11.5. The van der Waals surface area contributed by atoms with Crippen molar-refractivity contribution in [1.29, 1.82) is 5.41 Å². The number of nitrogen functional groups attached to an aromatic ring is 1. The first-order valence-corrected chi connectivity index (χ1v) is 6.96. The van der Waals surface area contributed by atoms with Crippen LogP contribution in [-0.4, -0.2) is 30.1 Å². The van der Waals surface area contributed by atoms with Gasteiger partial charge in [-0.2, -0.15) is 0 Å². The molecule has 4 nitrogen and oxygen atoms in total. The Bertz CT molecular complexity index is 457. The number of nitrogens with two attached hydrogens (primary N) is 1. The fourth-order valence-electron chi connectivity index (χ4n) is 2.87. The van der Waals surface area contributed by atoms with Crippen molar-refractivity contribution in [3.8, 4) is 0 Å². The SMILES string of the molecule is Cc1ccc(C(=N)N)c(N2CCCCC2CCO)c1. The number of piperidine rings is 1. The van der Waals surface area contributed by atoms with E-state index in [1.54, 1.807) is 0 Å². The lowest BCUT2D eigenvalue weighted by Gasteiger charge is -2.38. The van der Waals surface area contributed by atoms with Crippen LogP contribution >= 0.6 is 0 Å². The summed E-state index contributed by atoms with van der Waals surface area (Å²) in [7, 11) is 0. The molecule has 0 saturated carbocycles. The highest BCUT2D eigenvalue weighted by Crippen LogP contribution is 2.30. The van der Waals surface area contributed by atoms with E-state index in [0.29, 0.717) is 6.04 Å². The van der Waals surface area contributed by atoms with E-state index in [4.69, 9.17) is 11.1 Å². The van der Waals surface area contributed by atoms with E-state index >= 15 is 0 Å². The summed E-state index contributed by atoms with van der Waals surface area (Å²) in [5.74, 6) is 0.114. The van der Waals surface area contributed by atoms with E-state index in [-0.39, 0.29) is 12.4 Å². The minimum absolute atomic E-state index is 0.114. The second kappa shape index (κ2) is 6.06. The predicted octanol–water partition coefficient (Wildman–Crippen LogP) is 2.02. The van der Waals surface area contributed by atoms with Crippen molar-refractivity contribution < 1.29 is 5.11 Å². The molecule has 19 heavy (non-hydrogen) atoms. The molecule has 0 spiro atoms. The lowest BCUT2D eigenvalue weighted by Crippen LogP contribution is -2.41. The Kier molecular flexibility index (Phi) is 4.43. The summed E-state index contributed by atoms with van der Waals surface area (Å²) in [5.41, 5.74) is 8.72. The molecule has 0 aromatic heterocycles. The van der Waals surface area contributed by atoms with Crippen LogP contribution in [0.15, 0.2) is 18.2 Å². The third kappa shape index (κ3) is 3.07. The Morgan fingerprint density at radius 3 is 2.95 bits per heavy atom. The van der Waals surface area contributed by atoms with E-state index in [0.717, 1.165) is 37.1 Å². The molecule has 2 rings (SSSR count). The number of aliphatic hydroxyl groups is 1. The molecule has 1 saturated heterocycles. The normalized spacial score (nSPS) is 19.5. The first kappa shape index (κ1) is 13.9. The molecule has 0 aliphatic carbocycles. The summed E-state index contributed by atoms with van der Waals surface area (Å²) < 4.78 is 0. The standard InChI is InChI=1S/C15H23N3O/c1-11-5-6-13(15(16)17)14(10-11)18-8-3-2-4-12(18)7-9-19/h5-6,10,12,19H,2-4,7-9H2,1H3,(H3,16,17). The van der Waals surface area contributed by atoms with Crippen molar-refractivity contribution in [2.45, 2.75) is 38.6 Å². The molecule has 1 atom stereocenters. The third-order valence-electron chi connectivity index (χ3n) is 3.84. The number of rotatable bonds is 4. The largest absolute Gasteiger partial charge is 0.396 e. The van der Waals surface area contributed by atoms with Crippen molar-refractivity contribution in [3.63, 3.8) is 0 Å². The second-order valence-corrected chi connectivity index (χ2v) is 5.29. The van der Waals surface area contributed by atoms with E-state index < -0.39 is 0 Å². The first-order valence-electron chi connectivity index (χ1n) is 6.96. The molecule has 4 heteroatoms. The lowest BCUT2D eigenvalue weighted by atomic mass is 9.96. The van der Waals surface area contributed by atoms with Crippen LogP contribution in [0.1, 0.15) is 36.8 Å². The average Bonchev–Trinajstić information content (AvgIpc) is 2.39. The van der Waals surface area contributed by atoms with Crippen LogP contribution < -0.4 is 10.6 Å². The number of hydrogen-bond acceptors (Lipinski definition) is 3. The van der Waals surface area contributed by atoms with Crippen molar-refractivity contribution in [3.05, 3.63) is 29.3 Å². The van der Waals surface area contributed by atoms with Gasteiger partial charge in [0.15, 0.2) is 0 Å². The number of nitrogens with one attached hydrogen (secondary N) is 1. The zero-order valence-corrected chi connectivity index (χ0v) is 11.5. The van der Waals surface area contributed by atoms with Crippen LogP contribution in [0.3, 0.4) is 0 Å². The van der Waals surface area contributed by atoms with Gasteiger partial charge in [-0.25, -0.2) is 0 Å². The van der Waals surface area contributed by atoms with Crippen LogP contribution in [0.25, 0.3) is 0 Å². The fraction of sp³-hybridized carbons (Fsp3) is 0.533. The van der Waals surface area contributed by atoms with E-state index in [9.17, 15) is 5.11 Å². The van der Waals surface area contributed by atoms with Crippen LogP contribution in [0, 0.1) is 12.3 Å². The van der Waals surface area contributed by atoms with E-state index in [2.05, 4.69) is 17.9 Å². The van der Waals surface area contributed by atoms with Gasteiger partial charge in [0.25, 0.3) is 0 Å². The Labute approximate surface area is 114 Å². The number of anilines is 1. The van der Waals surface area contributed by atoms with Gasteiger partial charge in [-0.15, -0.1) is 0 Å². The van der Waals surface area contributed by atoms with Gasteiger partial charge in [0.2, 0.25) is 0 Å². The molecule has 1 aliphatic rings. The first-order chi connectivity index (χ1) is 9.13. The number of aryl methyl sites for hydroxylation is 1. The average molecular weight is 261 g/mol. The molecule has 0 radical (unpaired) electrons. The highest BCUT2D eigenvalue weighted by atomic mass is 16.3. The summed E-state index contributed by atoms with van der Waals surface area (Å²) in [6.45, 7) is 3.25. The summed E-state index contributed by atoms with van der Waals surface area (Å²) in [4.78, 5) is 2.32. The Balaban J connectivity index is 2.37. The minimum atomic E-state index is 0.114. The molecule has 1 heterocycles. The lowest BCUT2D eigenvalue weighted by molar-refractivity contribution is 0.262. The fourth-order valence-corrected chi connectivity index (χ4v) is 2.87. The quantitative estimate of drug-likeness (QED) is 0.573. The molecule has 0 bridgehead atoms. The maximum Gasteiger partial charge on any atom is 0.124 e. The second-order valence-electron chi connectivity index (χ2n) is 5.29. The molecule has 1 fully saturated rings. The molecule has 4 N–H and O–H groups in total. The van der Waals surface area contributed by atoms with Gasteiger partial charge >= 0.3 is 0 Å². The van der Waals surface area contributed by atoms with Gasteiger partial charge in [0.1, 0.15) is 5.84 Å². The summed E-state index contributed by atoms with van der Waals surface area (Å²) in [6.07, 6.45) is 4.26. The molecular formula is C15H23N3O. The zero-order chi connectivity index (χ0) is 13.8. The number of nitrogens with zero attached hydrogens (tertiary/aromatic N) is 1.